The molecule has 26 heavy (non-hydrogen) atoms. The summed E-state index contributed by atoms with van der Waals surface area (Å²) in [4.78, 5) is 12.8. The lowest BCUT2D eigenvalue weighted by molar-refractivity contribution is 0.431. The molecule has 1 aromatic carbocycles. The maximum absolute atomic E-state index is 12.6. The van der Waals surface area contributed by atoms with Gasteiger partial charge in [0.05, 0.1) is 4.90 Å². The van der Waals surface area contributed by atoms with Crippen molar-refractivity contribution < 1.29 is 8.42 Å². The molecule has 1 saturated heterocycles. The van der Waals surface area contributed by atoms with Gasteiger partial charge in [-0.2, -0.15) is 9.78 Å². The van der Waals surface area contributed by atoms with Crippen LogP contribution < -0.4 is 11.0 Å². The summed E-state index contributed by atoms with van der Waals surface area (Å²) >= 11 is 0. The molecule has 7 nitrogen and oxygen atoms in total. The van der Waals surface area contributed by atoms with Crippen LogP contribution in [0.3, 0.4) is 0 Å². The minimum absolute atomic E-state index is 0. The van der Waals surface area contributed by atoms with E-state index in [1.165, 1.54) is 0 Å². The Hall–Kier alpha value is -1.64. The smallest absolute Gasteiger partial charge is 0.316 e. The number of halogens is 1. The fraction of sp³-hybridized carbons (Fsp3) is 0.529. The first-order valence-electron chi connectivity index (χ1n) is 8.60. The number of rotatable bonds is 5. The highest BCUT2D eigenvalue weighted by Gasteiger charge is 2.25. The molecule has 1 atom stereocenters. The van der Waals surface area contributed by atoms with Crippen LogP contribution in [-0.2, 0) is 22.3 Å². The van der Waals surface area contributed by atoms with Crippen LogP contribution in [0, 0.1) is 6.92 Å². The zero-order valence-electron chi connectivity index (χ0n) is 15.0. The second kappa shape index (κ2) is 8.37. The van der Waals surface area contributed by atoms with E-state index in [0.29, 0.717) is 12.4 Å². The summed E-state index contributed by atoms with van der Waals surface area (Å²) in [5.41, 5.74) is 0.622. The van der Waals surface area contributed by atoms with Gasteiger partial charge in [-0.15, -0.1) is 12.4 Å². The van der Waals surface area contributed by atoms with Gasteiger partial charge >= 0.3 is 5.69 Å². The van der Waals surface area contributed by atoms with Crippen LogP contribution in [-0.4, -0.2) is 35.9 Å². The third-order valence-electron chi connectivity index (χ3n) is 4.60. The predicted octanol–water partition coefficient (Wildman–Crippen LogP) is 1.69. The van der Waals surface area contributed by atoms with Crippen molar-refractivity contribution >= 4 is 22.2 Å². The van der Waals surface area contributed by atoms with Crippen LogP contribution in [0.2, 0.25) is 0 Å². The van der Waals surface area contributed by atoms with Crippen LogP contribution in [0.1, 0.15) is 37.1 Å². The van der Waals surface area contributed by atoms with E-state index in [1.54, 1.807) is 28.8 Å². The largest absolute Gasteiger partial charge is 0.346 e. The lowest BCUT2D eigenvalue weighted by Crippen LogP contribution is -2.31. The molecule has 0 saturated carbocycles. The van der Waals surface area contributed by atoms with Crippen LogP contribution in [0.15, 0.2) is 34.0 Å². The van der Waals surface area contributed by atoms with E-state index in [-0.39, 0.29) is 28.9 Å². The molecule has 1 aliphatic heterocycles. The highest BCUT2D eigenvalue weighted by molar-refractivity contribution is 7.90. The number of hydrogen-bond acceptors (Lipinski definition) is 5. The molecule has 1 aromatic heterocycles. The molecule has 1 aliphatic rings. The summed E-state index contributed by atoms with van der Waals surface area (Å²) in [5.74, 6) is 0.387. The Labute approximate surface area is 159 Å². The molecular weight excluding hydrogens is 376 g/mol. The minimum Gasteiger partial charge on any atom is -0.316 e. The molecule has 2 heterocycles. The number of hydrogen-bond donors (Lipinski definition) is 1. The topological polar surface area (TPSA) is 86.0 Å². The average molecular weight is 401 g/mol. The van der Waals surface area contributed by atoms with Crippen LogP contribution in [0.4, 0.5) is 0 Å². The van der Waals surface area contributed by atoms with Crippen molar-refractivity contribution in [3.05, 3.63) is 46.1 Å². The summed E-state index contributed by atoms with van der Waals surface area (Å²) in [6.45, 7) is 5.99. The Morgan fingerprint density at radius 2 is 1.96 bits per heavy atom. The second-order valence-corrected chi connectivity index (χ2v) is 8.44. The van der Waals surface area contributed by atoms with Gasteiger partial charge < -0.3 is 5.32 Å². The molecule has 1 fully saturated rings. The first-order valence-corrected chi connectivity index (χ1v) is 10.3. The van der Waals surface area contributed by atoms with Crippen LogP contribution in [0.5, 0.6) is 0 Å². The minimum atomic E-state index is -3.62. The fourth-order valence-corrected chi connectivity index (χ4v) is 4.38. The van der Waals surface area contributed by atoms with Gasteiger partial charge in [-0.1, -0.05) is 17.7 Å². The van der Waals surface area contributed by atoms with Crippen LogP contribution >= 0.6 is 12.4 Å². The average Bonchev–Trinajstić information content (AvgIpc) is 2.91. The van der Waals surface area contributed by atoms with Crippen molar-refractivity contribution in [2.75, 3.05) is 13.1 Å². The SMILES string of the molecule is CCn1c(C2CCCNC2)nn(CS(=O)(=O)c2ccc(C)cc2)c1=O.Cl. The van der Waals surface area contributed by atoms with Crippen molar-refractivity contribution in [1.82, 2.24) is 19.7 Å². The van der Waals surface area contributed by atoms with E-state index in [0.717, 1.165) is 36.2 Å². The first kappa shape index (κ1) is 20.7. The lowest BCUT2D eigenvalue weighted by Gasteiger charge is -2.21. The third kappa shape index (κ3) is 4.19. The van der Waals surface area contributed by atoms with E-state index in [2.05, 4.69) is 10.4 Å². The molecule has 3 rings (SSSR count). The number of aromatic nitrogens is 3. The van der Waals surface area contributed by atoms with Crippen molar-refractivity contribution in [3.63, 3.8) is 0 Å². The maximum atomic E-state index is 12.6. The summed E-state index contributed by atoms with van der Waals surface area (Å²) < 4.78 is 27.9. The Morgan fingerprint density at radius 1 is 1.27 bits per heavy atom. The van der Waals surface area contributed by atoms with Crippen molar-refractivity contribution in [2.24, 2.45) is 0 Å². The van der Waals surface area contributed by atoms with Gasteiger partial charge in [0.1, 0.15) is 5.82 Å². The zero-order valence-corrected chi connectivity index (χ0v) is 16.6. The quantitative estimate of drug-likeness (QED) is 0.825. The number of sulfone groups is 1. The highest BCUT2D eigenvalue weighted by atomic mass is 35.5. The molecular formula is C17H25ClN4O3S. The van der Waals surface area contributed by atoms with Gasteiger partial charge in [-0.3, -0.25) is 4.57 Å². The van der Waals surface area contributed by atoms with Crippen molar-refractivity contribution in [2.45, 2.75) is 49.9 Å². The monoisotopic (exact) mass is 400 g/mol. The molecule has 144 valence electrons. The van der Waals surface area contributed by atoms with E-state index < -0.39 is 15.7 Å². The maximum Gasteiger partial charge on any atom is 0.346 e. The Morgan fingerprint density at radius 3 is 2.54 bits per heavy atom. The van der Waals surface area contributed by atoms with E-state index in [1.807, 2.05) is 13.8 Å². The molecule has 2 aromatic rings. The highest BCUT2D eigenvalue weighted by Crippen LogP contribution is 2.21. The lowest BCUT2D eigenvalue weighted by atomic mass is 9.99. The summed E-state index contributed by atoms with van der Waals surface area (Å²) in [6, 6.07) is 6.63. The van der Waals surface area contributed by atoms with Crippen LogP contribution in [0.25, 0.3) is 0 Å². The number of nitrogens with one attached hydrogen (secondary N) is 1. The van der Waals surface area contributed by atoms with E-state index in [9.17, 15) is 13.2 Å². The summed E-state index contributed by atoms with van der Waals surface area (Å²) in [6.07, 6.45) is 1.98. The summed E-state index contributed by atoms with van der Waals surface area (Å²) in [7, 11) is -3.62. The Balaban J connectivity index is 0.00000243. The van der Waals surface area contributed by atoms with Crippen molar-refractivity contribution in [3.8, 4) is 0 Å². The van der Waals surface area contributed by atoms with Gasteiger partial charge in [-0.25, -0.2) is 13.2 Å². The van der Waals surface area contributed by atoms with Gasteiger partial charge in [0.15, 0.2) is 15.7 Å². The van der Waals surface area contributed by atoms with Gasteiger partial charge in [0.2, 0.25) is 0 Å². The number of piperidine rings is 1. The normalized spacial score (nSPS) is 17.7. The third-order valence-corrected chi connectivity index (χ3v) is 6.18. The van der Waals surface area contributed by atoms with Gasteiger partial charge in [-0.05, 0) is 45.4 Å². The molecule has 0 radical (unpaired) electrons. The molecule has 1 N–H and O–H groups in total. The molecule has 0 aliphatic carbocycles. The Bertz CT molecular complexity index is 897. The summed E-state index contributed by atoms with van der Waals surface area (Å²) in [5, 5.41) is 7.69. The number of benzene rings is 1. The number of nitrogens with zero attached hydrogens (tertiary/aromatic N) is 3. The van der Waals surface area contributed by atoms with Gasteiger partial charge in [0.25, 0.3) is 0 Å². The number of aryl methyl sites for hydroxylation is 1. The Kier molecular flexibility index (Phi) is 6.65. The molecule has 0 spiro atoms. The molecule has 9 heteroatoms. The fourth-order valence-electron chi connectivity index (χ4n) is 3.19. The second-order valence-electron chi connectivity index (χ2n) is 6.48. The molecule has 0 bridgehead atoms. The molecule has 0 amide bonds. The van der Waals surface area contributed by atoms with Crippen molar-refractivity contribution in [1.29, 1.82) is 0 Å². The predicted molar refractivity (Wildman–Crippen MR) is 103 cm³/mol. The van der Waals surface area contributed by atoms with Gasteiger partial charge in [0, 0.05) is 19.0 Å². The van der Waals surface area contributed by atoms with E-state index >= 15 is 0 Å². The van der Waals surface area contributed by atoms with E-state index in [4.69, 9.17) is 0 Å². The zero-order chi connectivity index (χ0) is 18.0. The first-order chi connectivity index (χ1) is 11.9. The standard InChI is InChI=1S/C17H24N4O3S.ClH/c1-3-20-16(14-5-4-10-18-11-14)19-21(17(20)22)12-25(23,24)15-8-6-13(2)7-9-15;/h6-9,14,18H,3-5,10-12H2,1-2H3;1H. The molecule has 1 unspecified atom stereocenters.